The van der Waals surface area contributed by atoms with Crippen LogP contribution in [0.3, 0.4) is 0 Å². The third kappa shape index (κ3) is 6.31. The van der Waals surface area contributed by atoms with Crippen LogP contribution in [-0.2, 0) is 11.3 Å². The number of aromatic nitrogens is 1. The zero-order valence-corrected chi connectivity index (χ0v) is 9.59. The van der Waals surface area contributed by atoms with E-state index in [9.17, 15) is 0 Å². The Morgan fingerprint density at radius 3 is 2.93 bits per heavy atom. The molecule has 0 bridgehead atoms. The van der Waals surface area contributed by atoms with Crippen LogP contribution in [0.4, 0.5) is 0 Å². The number of ether oxygens (including phenoxy) is 1. The van der Waals surface area contributed by atoms with Gasteiger partial charge in [0.25, 0.3) is 0 Å². The van der Waals surface area contributed by atoms with Crippen LogP contribution in [0.1, 0.15) is 31.7 Å². The molecule has 0 fully saturated rings. The Bertz CT molecular complexity index is 222. The van der Waals surface area contributed by atoms with Gasteiger partial charge in [-0.05, 0) is 31.0 Å². The molecule has 0 aromatic carbocycles. The van der Waals surface area contributed by atoms with Crippen LogP contribution in [0, 0.1) is 0 Å². The first-order valence-electron chi connectivity index (χ1n) is 5.83. The molecule has 0 saturated carbocycles. The summed E-state index contributed by atoms with van der Waals surface area (Å²) in [5.41, 5.74) is 1.31. The molecule has 3 heteroatoms. The number of hydrogen-bond acceptors (Lipinski definition) is 2. The van der Waals surface area contributed by atoms with E-state index in [1.54, 1.807) is 0 Å². The molecule has 1 rings (SSSR count). The number of nitrogens with one attached hydrogen (secondary N) is 2. The van der Waals surface area contributed by atoms with Gasteiger partial charge < -0.3 is 15.0 Å². The molecule has 0 aliphatic heterocycles. The molecule has 0 radical (unpaired) electrons. The molecule has 2 N–H and O–H groups in total. The molecule has 0 atom stereocenters. The summed E-state index contributed by atoms with van der Waals surface area (Å²) in [6, 6.07) is 2.09. The quantitative estimate of drug-likeness (QED) is 0.614. The van der Waals surface area contributed by atoms with Crippen molar-refractivity contribution in [2.75, 3.05) is 19.8 Å². The number of unbranched alkanes of at least 4 members (excludes halogenated alkanes) is 1. The SMILES string of the molecule is CCCCOCCCNCc1cc[nH]c1. The molecular formula is C12H22N2O. The van der Waals surface area contributed by atoms with Crippen molar-refractivity contribution in [3.63, 3.8) is 0 Å². The smallest absolute Gasteiger partial charge is 0.0478 e. The van der Waals surface area contributed by atoms with Gasteiger partial charge in [0.05, 0.1) is 0 Å². The van der Waals surface area contributed by atoms with E-state index in [1.165, 1.54) is 18.4 Å². The molecule has 3 nitrogen and oxygen atoms in total. The molecule has 0 unspecified atom stereocenters. The van der Waals surface area contributed by atoms with Gasteiger partial charge in [-0.25, -0.2) is 0 Å². The Balaban J connectivity index is 1.81. The summed E-state index contributed by atoms with van der Waals surface area (Å²) in [4.78, 5) is 3.04. The Labute approximate surface area is 92.2 Å². The minimum absolute atomic E-state index is 0.875. The van der Waals surface area contributed by atoms with Gasteiger partial charge in [-0.15, -0.1) is 0 Å². The topological polar surface area (TPSA) is 37.0 Å². The third-order valence-electron chi connectivity index (χ3n) is 2.28. The van der Waals surface area contributed by atoms with E-state index < -0.39 is 0 Å². The first kappa shape index (κ1) is 12.3. The first-order chi connectivity index (χ1) is 7.43. The van der Waals surface area contributed by atoms with E-state index >= 15 is 0 Å². The zero-order valence-electron chi connectivity index (χ0n) is 9.59. The molecule has 0 aliphatic rings. The van der Waals surface area contributed by atoms with Gasteiger partial charge in [-0.2, -0.15) is 0 Å². The minimum Gasteiger partial charge on any atom is -0.381 e. The van der Waals surface area contributed by atoms with E-state index in [0.29, 0.717) is 0 Å². The second kappa shape index (κ2) is 8.50. The summed E-state index contributed by atoms with van der Waals surface area (Å²) in [5.74, 6) is 0. The maximum Gasteiger partial charge on any atom is 0.0478 e. The van der Waals surface area contributed by atoms with E-state index in [4.69, 9.17) is 4.74 Å². The summed E-state index contributed by atoms with van der Waals surface area (Å²) < 4.78 is 5.47. The number of hydrogen-bond donors (Lipinski definition) is 2. The molecule has 15 heavy (non-hydrogen) atoms. The van der Waals surface area contributed by atoms with Gasteiger partial charge in [0, 0.05) is 32.2 Å². The van der Waals surface area contributed by atoms with Crippen molar-refractivity contribution in [2.45, 2.75) is 32.7 Å². The average molecular weight is 210 g/mol. The molecule has 0 aliphatic carbocycles. The Morgan fingerprint density at radius 1 is 1.33 bits per heavy atom. The maximum absolute atomic E-state index is 5.47. The predicted molar refractivity (Wildman–Crippen MR) is 62.8 cm³/mol. The highest BCUT2D eigenvalue weighted by molar-refractivity contribution is 5.07. The van der Waals surface area contributed by atoms with Crippen LogP contribution < -0.4 is 5.32 Å². The summed E-state index contributed by atoms with van der Waals surface area (Å²) in [6.07, 6.45) is 7.45. The lowest BCUT2D eigenvalue weighted by atomic mass is 10.3. The average Bonchev–Trinajstić information content (AvgIpc) is 2.75. The van der Waals surface area contributed by atoms with Gasteiger partial charge in [0.2, 0.25) is 0 Å². The molecule has 0 spiro atoms. The van der Waals surface area contributed by atoms with Crippen LogP contribution in [0.2, 0.25) is 0 Å². The van der Waals surface area contributed by atoms with Crippen molar-refractivity contribution in [1.82, 2.24) is 10.3 Å². The van der Waals surface area contributed by atoms with E-state index in [-0.39, 0.29) is 0 Å². The van der Waals surface area contributed by atoms with Crippen LogP contribution >= 0.6 is 0 Å². The number of H-pyrrole nitrogens is 1. The summed E-state index contributed by atoms with van der Waals surface area (Å²) >= 11 is 0. The summed E-state index contributed by atoms with van der Waals surface area (Å²) in [6.45, 7) is 5.94. The normalized spacial score (nSPS) is 10.7. The van der Waals surface area contributed by atoms with E-state index in [0.717, 1.165) is 32.7 Å². The van der Waals surface area contributed by atoms with Crippen molar-refractivity contribution in [2.24, 2.45) is 0 Å². The second-order valence-electron chi connectivity index (χ2n) is 3.72. The van der Waals surface area contributed by atoms with Crippen molar-refractivity contribution in [3.05, 3.63) is 24.0 Å². The van der Waals surface area contributed by atoms with Crippen LogP contribution in [0.15, 0.2) is 18.5 Å². The molecular weight excluding hydrogens is 188 g/mol. The molecule has 0 amide bonds. The Hall–Kier alpha value is -0.800. The minimum atomic E-state index is 0.875. The highest BCUT2D eigenvalue weighted by atomic mass is 16.5. The number of aromatic amines is 1. The van der Waals surface area contributed by atoms with Crippen molar-refractivity contribution in [3.8, 4) is 0 Å². The highest BCUT2D eigenvalue weighted by Crippen LogP contribution is 1.95. The lowest BCUT2D eigenvalue weighted by Gasteiger charge is -2.04. The third-order valence-corrected chi connectivity index (χ3v) is 2.28. The monoisotopic (exact) mass is 210 g/mol. The molecule has 1 heterocycles. The van der Waals surface area contributed by atoms with Crippen LogP contribution in [0.5, 0.6) is 0 Å². The fourth-order valence-corrected chi connectivity index (χ4v) is 1.35. The lowest BCUT2D eigenvalue weighted by molar-refractivity contribution is 0.129. The van der Waals surface area contributed by atoms with Crippen molar-refractivity contribution < 1.29 is 4.74 Å². The van der Waals surface area contributed by atoms with Gasteiger partial charge in [0.1, 0.15) is 0 Å². The largest absolute Gasteiger partial charge is 0.381 e. The van der Waals surface area contributed by atoms with Crippen molar-refractivity contribution >= 4 is 0 Å². The lowest BCUT2D eigenvalue weighted by Crippen LogP contribution is -2.16. The molecule has 0 saturated heterocycles. The van der Waals surface area contributed by atoms with E-state index in [2.05, 4.69) is 23.3 Å². The van der Waals surface area contributed by atoms with Crippen LogP contribution in [-0.4, -0.2) is 24.7 Å². The van der Waals surface area contributed by atoms with Gasteiger partial charge in [-0.1, -0.05) is 13.3 Å². The molecule has 1 aromatic heterocycles. The van der Waals surface area contributed by atoms with Gasteiger partial charge in [-0.3, -0.25) is 0 Å². The molecule has 1 aromatic rings. The molecule has 86 valence electrons. The maximum atomic E-state index is 5.47. The first-order valence-corrected chi connectivity index (χ1v) is 5.83. The van der Waals surface area contributed by atoms with Gasteiger partial charge in [0.15, 0.2) is 0 Å². The highest BCUT2D eigenvalue weighted by Gasteiger charge is 1.92. The predicted octanol–water partition coefficient (Wildman–Crippen LogP) is 2.31. The second-order valence-corrected chi connectivity index (χ2v) is 3.72. The Morgan fingerprint density at radius 2 is 2.20 bits per heavy atom. The fourth-order valence-electron chi connectivity index (χ4n) is 1.35. The summed E-state index contributed by atoms with van der Waals surface area (Å²) in [7, 11) is 0. The van der Waals surface area contributed by atoms with E-state index in [1.807, 2.05) is 12.4 Å². The zero-order chi connectivity index (χ0) is 10.8. The summed E-state index contributed by atoms with van der Waals surface area (Å²) in [5, 5.41) is 3.38. The van der Waals surface area contributed by atoms with Gasteiger partial charge >= 0.3 is 0 Å². The standard InChI is InChI=1S/C12H22N2O/c1-2-3-8-15-9-4-6-13-10-12-5-7-14-11-12/h5,7,11,13-14H,2-4,6,8-10H2,1H3. The van der Waals surface area contributed by atoms with Crippen molar-refractivity contribution in [1.29, 1.82) is 0 Å². The number of rotatable bonds is 9. The Kier molecular flexibility index (Phi) is 6.96. The fraction of sp³-hybridized carbons (Fsp3) is 0.667. The van der Waals surface area contributed by atoms with Crippen LogP contribution in [0.25, 0.3) is 0 Å².